The molecule has 1 aliphatic rings. The molecular formula is C21H25ClFNO3S. The fourth-order valence-corrected chi connectivity index (χ4v) is 5.54. The van der Waals surface area contributed by atoms with Crippen molar-refractivity contribution in [3.05, 3.63) is 65.5 Å². The van der Waals surface area contributed by atoms with E-state index in [4.69, 9.17) is 0 Å². The summed E-state index contributed by atoms with van der Waals surface area (Å²) >= 11 is 0. The van der Waals surface area contributed by atoms with Gasteiger partial charge >= 0.3 is 0 Å². The highest BCUT2D eigenvalue weighted by Gasteiger charge is 2.33. The molecule has 0 aromatic heterocycles. The molecule has 1 fully saturated rings. The number of halogens is 2. The number of ketones is 1. The van der Waals surface area contributed by atoms with Crippen LogP contribution in [-0.4, -0.2) is 44.0 Å². The number of hydrogen-bond donors (Lipinski definition) is 0. The second-order valence-corrected chi connectivity index (χ2v) is 9.21. The highest BCUT2D eigenvalue weighted by molar-refractivity contribution is 7.92. The highest BCUT2D eigenvalue weighted by Crippen LogP contribution is 2.27. The summed E-state index contributed by atoms with van der Waals surface area (Å²) in [6, 6.07) is 12.9. The molecule has 3 rings (SSSR count). The molecule has 0 atom stereocenters. The first-order chi connectivity index (χ1) is 12.9. The minimum Gasteiger partial charge on any atom is -0.303 e. The summed E-state index contributed by atoms with van der Waals surface area (Å²) in [6.45, 7) is 3.62. The first kappa shape index (κ1) is 22.5. The average molecular weight is 426 g/mol. The second-order valence-electron chi connectivity index (χ2n) is 7.01. The van der Waals surface area contributed by atoms with Gasteiger partial charge in [-0.3, -0.25) is 4.79 Å². The summed E-state index contributed by atoms with van der Waals surface area (Å²) in [5, 5.41) is -0.458. The number of Topliss-reactive ketones (excluding diaryl/α,β-unsaturated/α-hetero) is 1. The van der Waals surface area contributed by atoms with E-state index in [2.05, 4.69) is 4.90 Å². The molecule has 7 heteroatoms. The van der Waals surface area contributed by atoms with Gasteiger partial charge in [-0.2, -0.15) is 0 Å². The average Bonchev–Trinajstić information content (AvgIpc) is 2.68. The number of carbonyl (C=O) groups excluding carboxylic acids is 1. The number of benzene rings is 2. The largest absolute Gasteiger partial charge is 0.303 e. The molecule has 4 nitrogen and oxygen atoms in total. The summed E-state index contributed by atoms with van der Waals surface area (Å²) in [5.74, 6) is -0.471. The van der Waals surface area contributed by atoms with Crippen molar-refractivity contribution in [2.24, 2.45) is 0 Å². The summed E-state index contributed by atoms with van der Waals surface area (Å²) in [7, 11) is -3.52. The quantitative estimate of drug-likeness (QED) is 0.658. The molecule has 0 aliphatic carbocycles. The number of likely N-dealkylation sites (tertiary alicyclic amines) is 1. The van der Waals surface area contributed by atoms with Gasteiger partial charge in [0.25, 0.3) is 0 Å². The van der Waals surface area contributed by atoms with Crippen molar-refractivity contribution in [2.45, 2.75) is 36.3 Å². The Labute approximate surface area is 172 Å². The Morgan fingerprint density at radius 3 is 2.29 bits per heavy atom. The molecule has 1 aliphatic heterocycles. The number of rotatable bonds is 6. The van der Waals surface area contributed by atoms with E-state index in [0.29, 0.717) is 25.9 Å². The zero-order valence-electron chi connectivity index (χ0n) is 15.8. The lowest BCUT2D eigenvalue weighted by Crippen LogP contribution is -2.40. The summed E-state index contributed by atoms with van der Waals surface area (Å²) in [4.78, 5) is 14.2. The number of piperidine rings is 1. The van der Waals surface area contributed by atoms with Gasteiger partial charge in [-0.25, -0.2) is 12.8 Å². The van der Waals surface area contributed by atoms with Crippen molar-refractivity contribution < 1.29 is 17.6 Å². The van der Waals surface area contributed by atoms with Gasteiger partial charge in [0.1, 0.15) is 5.82 Å². The molecule has 0 unspecified atom stereocenters. The fraction of sp³-hybridized carbons (Fsp3) is 0.381. The van der Waals surface area contributed by atoms with E-state index in [1.165, 1.54) is 25.1 Å². The van der Waals surface area contributed by atoms with E-state index in [0.717, 1.165) is 18.5 Å². The number of carbonyl (C=O) groups is 1. The van der Waals surface area contributed by atoms with Crippen molar-refractivity contribution in [1.82, 2.24) is 4.90 Å². The molecule has 0 saturated carbocycles. The fourth-order valence-electron chi connectivity index (χ4n) is 3.57. The Hall–Kier alpha value is -1.76. The number of sulfone groups is 1. The maximum atomic E-state index is 13.0. The van der Waals surface area contributed by atoms with Crippen LogP contribution in [0.4, 0.5) is 4.39 Å². The van der Waals surface area contributed by atoms with Gasteiger partial charge in [-0.1, -0.05) is 30.3 Å². The molecule has 1 heterocycles. The van der Waals surface area contributed by atoms with Gasteiger partial charge in [0.2, 0.25) is 0 Å². The molecule has 0 N–H and O–H groups in total. The standard InChI is InChI=1S/C21H24FNO3S.ClH/c1-16(24)20-4-2-3-5-21(20)27(25,26)19-11-14-23(15-12-19)13-10-17-6-8-18(22)9-7-17;/h2-9,19H,10-15H2,1H3;1H. The normalized spacial score (nSPS) is 15.8. The summed E-state index contributed by atoms with van der Waals surface area (Å²) < 4.78 is 39.0. The van der Waals surface area contributed by atoms with Gasteiger partial charge in [-0.05, 0) is 63.0 Å². The Balaban J connectivity index is 0.00000280. The third-order valence-corrected chi connectivity index (χ3v) is 7.49. The first-order valence-electron chi connectivity index (χ1n) is 9.18. The van der Waals surface area contributed by atoms with Gasteiger partial charge < -0.3 is 4.90 Å². The monoisotopic (exact) mass is 425 g/mol. The summed E-state index contributed by atoms with van der Waals surface area (Å²) in [6.07, 6.45) is 1.92. The van der Waals surface area contributed by atoms with Crippen LogP contribution in [0.2, 0.25) is 0 Å². The molecule has 0 spiro atoms. The SMILES string of the molecule is CC(=O)c1ccccc1S(=O)(=O)C1CCN(CCc2ccc(F)cc2)CC1.Cl. The van der Waals surface area contributed by atoms with Gasteiger partial charge in [0.15, 0.2) is 15.6 Å². The minimum atomic E-state index is -3.52. The van der Waals surface area contributed by atoms with Crippen molar-refractivity contribution in [3.8, 4) is 0 Å². The molecule has 2 aromatic rings. The Morgan fingerprint density at radius 1 is 1.07 bits per heavy atom. The molecular weight excluding hydrogens is 401 g/mol. The lowest BCUT2D eigenvalue weighted by atomic mass is 10.1. The lowest BCUT2D eigenvalue weighted by molar-refractivity contribution is 0.101. The highest BCUT2D eigenvalue weighted by atomic mass is 35.5. The zero-order chi connectivity index (χ0) is 19.4. The van der Waals surface area contributed by atoms with E-state index in [1.54, 1.807) is 30.3 Å². The molecule has 0 bridgehead atoms. The van der Waals surface area contributed by atoms with Gasteiger partial charge in [-0.15, -0.1) is 12.4 Å². The predicted molar refractivity (Wildman–Crippen MR) is 110 cm³/mol. The van der Waals surface area contributed by atoms with Crippen LogP contribution in [0.3, 0.4) is 0 Å². The van der Waals surface area contributed by atoms with Crippen LogP contribution >= 0.6 is 12.4 Å². The van der Waals surface area contributed by atoms with E-state index in [9.17, 15) is 17.6 Å². The van der Waals surface area contributed by atoms with Crippen molar-refractivity contribution in [2.75, 3.05) is 19.6 Å². The molecule has 2 aromatic carbocycles. The van der Waals surface area contributed by atoms with Crippen molar-refractivity contribution in [1.29, 1.82) is 0 Å². The number of hydrogen-bond acceptors (Lipinski definition) is 4. The first-order valence-corrected chi connectivity index (χ1v) is 10.7. The Kier molecular flexibility index (Phi) is 7.75. The zero-order valence-corrected chi connectivity index (χ0v) is 17.4. The maximum absolute atomic E-state index is 13.0. The van der Waals surface area contributed by atoms with Crippen LogP contribution in [0.5, 0.6) is 0 Å². The molecule has 28 heavy (non-hydrogen) atoms. The van der Waals surface area contributed by atoms with Crippen LogP contribution in [0.15, 0.2) is 53.4 Å². The van der Waals surface area contributed by atoms with Crippen LogP contribution < -0.4 is 0 Å². The van der Waals surface area contributed by atoms with Crippen LogP contribution in [0.1, 0.15) is 35.7 Å². The smallest absolute Gasteiger partial charge is 0.182 e. The molecule has 0 amide bonds. The third kappa shape index (κ3) is 5.19. The topological polar surface area (TPSA) is 54.5 Å². The molecule has 0 radical (unpaired) electrons. The Bertz CT molecular complexity index is 908. The lowest BCUT2D eigenvalue weighted by Gasteiger charge is -2.32. The molecule has 1 saturated heterocycles. The van der Waals surface area contributed by atoms with E-state index in [1.807, 2.05) is 0 Å². The van der Waals surface area contributed by atoms with Crippen molar-refractivity contribution in [3.63, 3.8) is 0 Å². The maximum Gasteiger partial charge on any atom is 0.182 e. The van der Waals surface area contributed by atoms with Crippen LogP contribution in [-0.2, 0) is 16.3 Å². The van der Waals surface area contributed by atoms with Crippen molar-refractivity contribution >= 4 is 28.0 Å². The van der Waals surface area contributed by atoms with Gasteiger partial charge in [0, 0.05) is 12.1 Å². The third-order valence-electron chi connectivity index (χ3n) is 5.18. The second kappa shape index (κ2) is 9.63. The minimum absolute atomic E-state index is 0. The molecule has 152 valence electrons. The van der Waals surface area contributed by atoms with Crippen LogP contribution in [0.25, 0.3) is 0 Å². The van der Waals surface area contributed by atoms with E-state index >= 15 is 0 Å². The van der Waals surface area contributed by atoms with Crippen LogP contribution in [0, 0.1) is 5.82 Å². The Morgan fingerprint density at radius 2 is 1.68 bits per heavy atom. The van der Waals surface area contributed by atoms with Gasteiger partial charge in [0.05, 0.1) is 10.1 Å². The predicted octanol–water partition coefficient (Wildman–Crippen LogP) is 3.93. The van der Waals surface area contributed by atoms with E-state index < -0.39 is 15.1 Å². The summed E-state index contributed by atoms with van der Waals surface area (Å²) in [5.41, 5.74) is 1.35. The van der Waals surface area contributed by atoms with E-state index in [-0.39, 0.29) is 34.5 Å². The number of nitrogens with zero attached hydrogens (tertiary/aromatic N) is 1.